The molecule has 4 heterocycles. The van der Waals surface area contributed by atoms with Crippen LogP contribution >= 0.6 is 0 Å². The average molecular weight is 650 g/mol. The number of likely N-dealkylation sites (tertiary alicyclic amines) is 1. The summed E-state index contributed by atoms with van der Waals surface area (Å²) in [4.78, 5) is 27.9. The molecule has 1 fully saturated rings. The highest BCUT2D eigenvalue weighted by Crippen LogP contribution is 2.25. The molecule has 6 rings (SSSR count). The zero-order valence-electron chi connectivity index (χ0n) is 26.9. The largest absolute Gasteiger partial charge is 0.474 e. The number of pyridine rings is 1. The standard InChI is InChI=1S/C36H36FN7O4/c1-3-43-24-39-20-28(43)21-44-32-18-25(9-12-36(45)46-2)8-11-31(32)40-33(44)22-42-15-13-29(14-16-42)48-35-6-4-5-34(41-35)47-23-27-10-7-26(19-38)17-30(27)37/h4-12,17-18,20,24,29H,3,13-16,21-23H2,1-2H3/b12-9+. The Morgan fingerprint density at radius 1 is 1.08 bits per heavy atom. The van der Waals surface area contributed by atoms with Crippen molar-refractivity contribution in [2.24, 2.45) is 0 Å². The molecule has 1 aliphatic rings. The summed E-state index contributed by atoms with van der Waals surface area (Å²) in [5.74, 6) is 0.844. The quantitative estimate of drug-likeness (QED) is 0.127. The van der Waals surface area contributed by atoms with Crippen LogP contribution in [0.25, 0.3) is 17.1 Å². The van der Waals surface area contributed by atoms with Gasteiger partial charge in [-0.1, -0.05) is 18.2 Å². The van der Waals surface area contributed by atoms with Crippen LogP contribution in [0.2, 0.25) is 0 Å². The number of fused-ring (bicyclic) bond motifs is 1. The minimum absolute atomic E-state index is 0.0105. The predicted molar refractivity (Wildman–Crippen MR) is 176 cm³/mol. The Morgan fingerprint density at radius 3 is 2.69 bits per heavy atom. The summed E-state index contributed by atoms with van der Waals surface area (Å²) in [5, 5.41) is 8.95. The van der Waals surface area contributed by atoms with Gasteiger partial charge in [-0.3, -0.25) is 4.90 Å². The second kappa shape index (κ2) is 14.9. The maximum Gasteiger partial charge on any atom is 0.330 e. The molecule has 12 heteroatoms. The van der Waals surface area contributed by atoms with Crippen LogP contribution in [-0.2, 0) is 35.8 Å². The fraction of sp³-hybridized carbons (Fsp3) is 0.306. The van der Waals surface area contributed by atoms with Gasteiger partial charge in [0.25, 0.3) is 0 Å². The van der Waals surface area contributed by atoms with Crippen LogP contribution in [0.3, 0.4) is 0 Å². The summed E-state index contributed by atoms with van der Waals surface area (Å²) in [5.41, 5.74) is 4.43. The Kier molecular flexibility index (Phi) is 10.1. The third-order valence-electron chi connectivity index (χ3n) is 8.37. The first-order valence-electron chi connectivity index (χ1n) is 15.8. The van der Waals surface area contributed by atoms with Gasteiger partial charge in [-0.2, -0.15) is 10.2 Å². The van der Waals surface area contributed by atoms with Crippen LogP contribution in [-0.4, -0.2) is 61.3 Å². The van der Waals surface area contributed by atoms with Crippen molar-refractivity contribution in [3.8, 4) is 17.8 Å². The second-order valence-corrected chi connectivity index (χ2v) is 11.5. The van der Waals surface area contributed by atoms with Gasteiger partial charge in [0.1, 0.15) is 24.4 Å². The van der Waals surface area contributed by atoms with Crippen LogP contribution in [0, 0.1) is 17.1 Å². The fourth-order valence-corrected chi connectivity index (χ4v) is 5.73. The highest BCUT2D eigenvalue weighted by molar-refractivity contribution is 5.88. The molecule has 0 bridgehead atoms. The number of halogens is 1. The molecule has 246 valence electrons. The lowest BCUT2D eigenvalue weighted by molar-refractivity contribution is -0.134. The van der Waals surface area contributed by atoms with Crippen molar-refractivity contribution >= 4 is 23.1 Å². The minimum atomic E-state index is -0.492. The Balaban J connectivity index is 1.11. The predicted octanol–water partition coefficient (Wildman–Crippen LogP) is 5.52. The zero-order valence-corrected chi connectivity index (χ0v) is 26.9. The smallest absolute Gasteiger partial charge is 0.330 e. The maximum atomic E-state index is 14.3. The van der Waals surface area contributed by atoms with Crippen LogP contribution in [0.1, 0.15) is 48.0 Å². The molecule has 0 amide bonds. The van der Waals surface area contributed by atoms with Crippen molar-refractivity contribution in [3.63, 3.8) is 0 Å². The minimum Gasteiger partial charge on any atom is -0.474 e. The summed E-state index contributed by atoms with van der Waals surface area (Å²) in [6.07, 6.45) is 8.51. The Bertz CT molecular complexity index is 1970. The Morgan fingerprint density at radius 2 is 1.92 bits per heavy atom. The first-order chi connectivity index (χ1) is 23.4. The van der Waals surface area contributed by atoms with Crippen molar-refractivity contribution in [1.82, 2.24) is 29.0 Å². The molecular weight excluding hydrogens is 613 g/mol. The number of benzene rings is 2. The van der Waals surface area contributed by atoms with Gasteiger partial charge in [0, 0.05) is 49.6 Å². The average Bonchev–Trinajstić information content (AvgIpc) is 3.71. The Hall–Kier alpha value is -5.54. The molecule has 0 saturated carbocycles. The molecule has 0 unspecified atom stereocenters. The van der Waals surface area contributed by atoms with Crippen LogP contribution < -0.4 is 9.47 Å². The molecular formula is C36H36FN7O4. The van der Waals surface area contributed by atoms with Crippen molar-refractivity contribution in [2.75, 3.05) is 20.2 Å². The topological polar surface area (TPSA) is 120 Å². The number of piperidine rings is 1. The lowest BCUT2D eigenvalue weighted by atomic mass is 10.1. The van der Waals surface area contributed by atoms with Crippen molar-refractivity contribution < 1.29 is 23.4 Å². The third-order valence-corrected chi connectivity index (χ3v) is 8.37. The number of nitriles is 1. The first kappa shape index (κ1) is 32.4. The number of hydrogen-bond acceptors (Lipinski definition) is 9. The van der Waals surface area contributed by atoms with Crippen molar-refractivity contribution in [1.29, 1.82) is 5.26 Å². The number of imidazole rings is 2. The molecule has 48 heavy (non-hydrogen) atoms. The van der Waals surface area contributed by atoms with Gasteiger partial charge in [-0.15, -0.1) is 0 Å². The molecule has 11 nitrogen and oxygen atoms in total. The van der Waals surface area contributed by atoms with Crippen LogP contribution in [0.5, 0.6) is 11.8 Å². The van der Waals surface area contributed by atoms with E-state index in [0.717, 1.165) is 60.6 Å². The molecule has 0 spiro atoms. The van der Waals surface area contributed by atoms with E-state index in [9.17, 15) is 9.18 Å². The summed E-state index contributed by atoms with van der Waals surface area (Å²) < 4.78 is 35.3. The summed E-state index contributed by atoms with van der Waals surface area (Å²) in [7, 11) is 1.36. The molecule has 0 N–H and O–H groups in total. The van der Waals surface area contributed by atoms with E-state index in [4.69, 9.17) is 24.5 Å². The molecule has 5 aromatic rings. The van der Waals surface area contributed by atoms with E-state index in [-0.39, 0.29) is 18.3 Å². The number of esters is 1. The normalized spacial score (nSPS) is 14.0. The molecule has 0 radical (unpaired) electrons. The second-order valence-electron chi connectivity index (χ2n) is 11.5. The van der Waals surface area contributed by atoms with Gasteiger partial charge >= 0.3 is 5.97 Å². The molecule has 2 aromatic carbocycles. The van der Waals surface area contributed by atoms with Gasteiger partial charge < -0.3 is 23.3 Å². The van der Waals surface area contributed by atoms with E-state index < -0.39 is 11.8 Å². The number of aryl methyl sites for hydroxylation is 1. The Labute approximate surface area is 277 Å². The van der Waals surface area contributed by atoms with E-state index >= 15 is 0 Å². The molecule has 1 aliphatic heterocycles. The van der Waals surface area contributed by atoms with E-state index in [1.165, 1.54) is 19.3 Å². The fourth-order valence-electron chi connectivity index (χ4n) is 5.73. The number of aromatic nitrogens is 5. The van der Waals surface area contributed by atoms with E-state index in [0.29, 0.717) is 30.4 Å². The lowest BCUT2D eigenvalue weighted by Gasteiger charge is -2.31. The number of ether oxygens (including phenoxy) is 3. The molecule has 0 atom stereocenters. The van der Waals surface area contributed by atoms with Gasteiger partial charge in [0.05, 0.1) is 54.9 Å². The molecule has 0 aliphatic carbocycles. The van der Waals surface area contributed by atoms with Gasteiger partial charge in [0.15, 0.2) is 0 Å². The number of carbonyl (C=O) groups excluding carboxylic acids is 1. The summed E-state index contributed by atoms with van der Waals surface area (Å²) in [6.45, 7) is 5.83. The number of nitrogens with zero attached hydrogens (tertiary/aromatic N) is 7. The van der Waals surface area contributed by atoms with E-state index in [2.05, 4.69) is 30.9 Å². The highest BCUT2D eigenvalue weighted by Gasteiger charge is 2.24. The zero-order chi connectivity index (χ0) is 33.5. The monoisotopic (exact) mass is 649 g/mol. The van der Waals surface area contributed by atoms with Gasteiger partial charge in [-0.05, 0) is 55.7 Å². The first-order valence-corrected chi connectivity index (χ1v) is 15.8. The molecule has 3 aromatic heterocycles. The van der Waals surface area contributed by atoms with E-state index in [1.54, 1.807) is 36.4 Å². The lowest BCUT2D eigenvalue weighted by Crippen LogP contribution is -2.38. The SMILES string of the molecule is CCn1cncc1Cn1c(CN2CCC(Oc3cccc(OCc4ccc(C#N)cc4F)n3)CC2)nc2ccc(/C=C/C(=O)OC)cc21. The van der Waals surface area contributed by atoms with Crippen LogP contribution in [0.4, 0.5) is 4.39 Å². The number of methoxy groups -OCH3 is 1. The highest BCUT2D eigenvalue weighted by atomic mass is 19.1. The number of hydrogen-bond donors (Lipinski definition) is 0. The summed E-state index contributed by atoms with van der Waals surface area (Å²) >= 11 is 0. The number of carbonyl (C=O) groups is 1. The van der Waals surface area contributed by atoms with Gasteiger partial charge in [0.2, 0.25) is 11.8 Å². The van der Waals surface area contributed by atoms with Crippen molar-refractivity contribution in [3.05, 3.63) is 107 Å². The van der Waals surface area contributed by atoms with Crippen LogP contribution in [0.15, 0.2) is 73.2 Å². The number of rotatable bonds is 12. The summed E-state index contributed by atoms with van der Waals surface area (Å²) in [6, 6.07) is 17.5. The van der Waals surface area contributed by atoms with Crippen molar-refractivity contribution in [2.45, 2.75) is 52.1 Å². The third kappa shape index (κ3) is 7.70. The van der Waals surface area contributed by atoms with Gasteiger partial charge in [-0.25, -0.2) is 19.2 Å². The van der Waals surface area contributed by atoms with E-state index in [1.807, 2.05) is 36.8 Å². The molecule has 1 saturated heterocycles. The maximum absolute atomic E-state index is 14.3.